The lowest BCUT2D eigenvalue weighted by atomic mass is 10.1. The van der Waals surface area contributed by atoms with Gasteiger partial charge in [-0.25, -0.2) is 8.42 Å². The van der Waals surface area contributed by atoms with Crippen molar-refractivity contribution in [1.82, 2.24) is 10.2 Å². The molecule has 180 valence electrons. The van der Waals surface area contributed by atoms with E-state index in [9.17, 15) is 18.0 Å². The first-order valence-electron chi connectivity index (χ1n) is 11.0. The maximum Gasteiger partial charge on any atom is 0.244 e. The Morgan fingerprint density at radius 2 is 1.70 bits per heavy atom. The molecule has 9 heteroatoms. The van der Waals surface area contributed by atoms with E-state index >= 15 is 0 Å². The molecule has 0 aliphatic rings. The van der Waals surface area contributed by atoms with Crippen LogP contribution in [0.4, 0.5) is 5.69 Å². The molecule has 2 aromatic carbocycles. The zero-order valence-corrected chi connectivity index (χ0v) is 20.9. The number of unbranched alkanes of at least 4 members (excludes halogenated alkanes) is 1. The highest BCUT2D eigenvalue weighted by Crippen LogP contribution is 2.27. The van der Waals surface area contributed by atoms with Crippen molar-refractivity contribution in [2.24, 2.45) is 0 Å². The van der Waals surface area contributed by atoms with Gasteiger partial charge in [-0.1, -0.05) is 67.4 Å². The summed E-state index contributed by atoms with van der Waals surface area (Å²) in [5.41, 5.74) is 1.23. The predicted octanol–water partition coefficient (Wildman–Crippen LogP) is 3.48. The molecular weight excluding hydrogens is 462 g/mol. The first kappa shape index (κ1) is 26.7. The third-order valence-corrected chi connectivity index (χ3v) is 6.73. The number of rotatable bonds is 12. The summed E-state index contributed by atoms with van der Waals surface area (Å²) in [6, 6.07) is 15.3. The molecule has 0 bridgehead atoms. The maximum absolute atomic E-state index is 13.4. The number of nitrogens with zero attached hydrogens (tertiary/aromatic N) is 2. The number of amides is 2. The van der Waals surface area contributed by atoms with E-state index in [2.05, 4.69) is 5.32 Å². The van der Waals surface area contributed by atoms with Crippen LogP contribution < -0.4 is 9.62 Å². The number of anilines is 1. The summed E-state index contributed by atoms with van der Waals surface area (Å²) in [4.78, 5) is 27.5. The van der Waals surface area contributed by atoms with Crippen molar-refractivity contribution in [2.75, 3.05) is 30.2 Å². The second-order valence-corrected chi connectivity index (χ2v) is 10.2. The first-order valence-corrected chi connectivity index (χ1v) is 13.2. The van der Waals surface area contributed by atoms with E-state index in [1.54, 1.807) is 31.2 Å². The summed E-state index contributed by atoms with van der Waals surface area (Å²) in [5, 5.41) is 3.07. The third-order valence-electron chi connectivity index (χ3n) is 5.28. The van der Waals surface area contributed by atoms with E-state index < -0.39 is 28.5 Å². The molecule has 0 radical (unpaired) electrons. The van der Waals surface area contributed by atoms with E-state index in [1.165, 1.54) is 4.90 Å². The van der Waals surface area contributed by atoms with Gasteiger partial charge in [0.15, 0.2) is 0 Å². The number of hydrogen-bond acceptors (Lipinski definition) is 4. The highest BCUT2D eigenvalue weighted by molar-refractivity contribution is 7.92. The average Bonchev–Trinajstić information content (AvgIpc) is 2.78. The van der Waals surface area contributed by atoms with Gasteiger partial charge in [0.05, 0.1) is 17.0 Å². The molecule has 0 heterocycles. The standard InChI is InChI=1S/C24H32ClN3O4S/c1-4-5-16-26-24(30)19(2)27(17-15-20-11-7-6-8-12-20)23(29)18-28(33(3,31)32)22-14-10-9-13-21(22)25/h6-14,19H,4-5,15-18H2,1-3H3,(H,26,30)/t19-/m0/s1. The van der Waals surface area contributed by atoms with Crippen LogP contribution in [-0.2, 0) is 26.0 Å². The normalized spacial score (nSPS) is 12.1. The molecule has 0 saturated carbocycles. The highest BCUT2D eigenvalue weighted by Gasteiger charge is 2.30. The molecule has 2 rings (SSSR count). The fourth-order valence-corrected chi connectivity index (χ4v) is 4.50. The van der Waals surface area contributed by atoms with E-state index in [0.717, 1.165) is 29.0 Å². The Bertz CT molecular complexity index is 1030. The molecule has 7 nitrogen and oxygen atoms in total. The van der Waals surface area contributed by atoms with Crippen LogP contribution >= 0.6 is 11.6 Å². The number of hydrogen-bond donors (Lipinski definition) is 1. The van der Waals surface area contributed by atoms with Crippen LogP contribution in [-0.4, -0.2) is 57.1 Å². The van der Waals surface area contributed by atoms with Crippen molar-refractivity contribution in [3.8, 4) is 0 Å². The average molecular weight is 494 g/mol. The molecule has 33 heavy (non-hydrogen) atoms. The van der Waals surface area contributed by atoms with Crippen LogP contribution in [0.2, 0.25) is 5.02 Å². The van der Waals surface area contributed by atoms with Crippen LogP contribution in [0.1, 0.15) is 32.3 Å². The Kier molecular flexibility index (Phi) is 10.2. The van der Waals surface area contributed by atoms with Crippen LogP contribution in [0.15, 0.2) is 54.6 Å². The van der Waals surface area contributed by atoms with Crippen LogP contribution in [0.25, 0.3) is 0 Å². The molecule has 1 N–H and O–H groups in total. The Morgan fingerprint density at radius 1 is 1.06 bits per heavy atom. The smallest absolute Gasteiger partial charge is 0.244 e. The lowest BCUT2D eigenvalue weighted by Crippen LogP contribution is -2.52. The number of halogens is 1. The van der Waals surface area contributed by atoms with Crippen molar-refractivity contribution in [2.45, 2.75) is 39.2 Å². The number of para-hydroxylation sites is 1. The molecule has 1 atom stereocenters. The second-order valence-electron chi connectivity index (χ2n) is 7.86. The van der Waals surface area contributed by atoms with Crippen molar-refractivity contribution >= 4 is 39.1 Å². The Hall–Kier alpha value is -2.58. The number of benzene rings is 2. The van der Waals surface area contributed by atoms with Gasteiger partial charge in [0.2, 0.25) is 21.8 Å². The zero-order chi connectivity index (χ0) is 24.4. The summed E-state index contributed by atoms with van der Waals surface area (Å²) >= 11 is 6.22. The fourth-order valence-electron chi connectivity index (χ4n) is 3.35. The topological polar surface area (TPSA) is 86.8 Å². The molecule has 2 aromatic rings. The minimum atomic E-state index is -3.80. The van der Waals surface area contributed by atoms with Gasteiger partial charge in [-0.3, -0.25) is 13.9 Å². The number of carbonyl (C=O) groups excluding carboxylic acids is 2. The molecule has 0 unspecified atom stereocenters. The lowest BCUT2D eigenvalue weighted by molar-refractivity contribution is -0.138. The number of carbonyl (C=O) groups is 2. The van der Waals surface area contributed by atoms with Crippen molar-refractivity contribution in [1.29, 1.82) is 0 Å². The molecule has 0 aromatic heterocycles. The van der Waals surface area contributed by atoms with Crippen molar-refractivity contribution in [3.05, 3.63) is 65.2 Å². The van der Waals surface area contributed by atoms with Gasteiger partial charge in [-0.15, -0.1) is 0 Å². The molecule has 0 aliphatic heterocycles. The predicted molar refractivity (Wildman–Crippen MR) is 133 cm³/mol. The highest BCUT2D eigenvalue weighted by atomic mass is 35.5. The van der Waals surface area contributed by atoms with E-state index in [-0.39, 0.29) is 23.2 Å². The van der Waals surface area contributed by atoms with Crippen LogP contribution in [0, 0.1) is 0 Å². The van der Waals surface area contributed by atoms with Gasteiger partial charge in [-0.2, -0.15) is 0 Å². The largest absolute Gasteiger partial charge is 0.354 e. The SMILES string of the molecule is CCCCNC(=O)[C@H](C)N(CCc1ccccc1)C(=O)CN(c1ccccc1Cl)S(C)(=O)=O. The summed E-state index contributed by atoms with van der Waals surface area (Å²) < 4.78 is 26.0. The third kappa shape index (κ3) is 8.05. The Balaban J connectivity index is 2.28. The quantitative estimate of drug-likeness (QED) is 0.458. The van der Waals surface area contributed by atoms with Gasteiger partial charge in [-0.05, 0) is 37.5 Å². The van der Waals surface area contributed by atoms with Crippen molar-refractivity contribution in [3.63, 3.8) is 0 Å². The number of sulfonamides is 1. The summed E-state index contributed by atoms with van der Waals surface area (Å²) in [7, 11) is -3.80. The molecular formula is C24H32ClN3O4S. The van der Waals surface area contributed by atoms with Gasteiger partial charge in [0.25, 0.3) is 0 Å². The van der Waals surface area contributed by atoms with Gasteiger partial charge >= 0.3 is 0 Å². The molecule has 0 saturated heterocycles. The van der Waals surface area contributed by atoms with E-state index in [0.29, 0.717) is 13.0 Å². The second kappa shape index (κ2) is 12.6. The Morgan fingerprint density at radius 3 is 2.30 bits per heavy atom. The first-order chi connectivity index (χ1) is 15.6. The fraction of sp³-hybridized carbons (Fsp3) is 0.417. The summed E-state index contributed by atoms with van der Waals surface area (Å²) in [6.07, 6.45) is 3.33. The lowest BCUT2D eigenvalue weighted by Gasteiger charge is -2.31. The van der Waals surface area contributed by atoms with Crippen molar-refractivity contribution < 1.29 is 18.0 Å². The van der Waals surface area contributed by atoms with Crippen LogP contribution in [0.3, 0.4) is 0 Å². The summed E-state index contributed by atoms with van der Waals surface area (Å²) in [6.45, 7) is 4.02. The molecule has 2 amide bonds. The minimum Gasteiger partial charge on any atom is -0.354 e. The van der Waals surface area contributed by atoms with Gasteiger partial charge in [0, 0.05) is 13.1 Å². The molecule has 0 spiro atoms. The number of nitrogens with one attached hydrogen (secondary N) is 1. The van der Waals surface area contributed by atoms with E-state index in [1.807, 2.05) is 37.3 Å². The maximum atomic E-state index is 13.4. The monoisotopic (exact) mass is 493 g/mol. The Labute approximate surface area is 201 Å². The molecule has 0 fully saturated rings. The summed E-state index contributed by atoms with van der Waals surface area (Å²) in [5.74, 6) is -0.747. The minimum absolute atomic E-state index is 0.219. The van der Waals surface area contributed by atoms with Crippen LogP contribution in [0.5, 0.6) is 0 Å². The zero-order valence-electron chi connectivity index (χ0n) is 19.3. The van der Waals surface area contributed by atoms with Gasteiger partial charge < -0.3 is 10.2 Å². The van der Waals surface area contributed by atoms with E-state index in [4.69, 9.17) is 11.6 Å². The van der Waals surface area contributed by atoms with Gasteiger partial charge in [0.1, 0.15) is 12.6 Å². The molecule has 0 aliphatic carbocycles.